The van der Waals surface area contributed by atoms with Gasteiger partial charge in [0.05, 0.1) is 24.1 Å². The van der Waals surface area contributed by atoms with E-state index >= 15 is 0 Å². The SMILES string of the molecule is CCO[C@H]1C[C@@H](O)C12CCN(c1ccc(C#N)nc1)CC2. The molecule has 3 rings (SSSR count). The van der Waals surface area contributed by atoms with Crippen molar-refractivity contribution in [3.05, 3.63) is 24.0 Å². The van der Waals surface area contributed by atoms with Crippen molar-refractivity contribution in [1.82, 2.24) is 4.98 Å². The topological polar surface area (TPSA) is 69.4 Å². The summed E-state index contributed by atoms with van der Waals surface area (Å²) >= 11 is 0. The largest absolute Gasteiger partial charge is 0.392 e. The first-order valence-corrected chi connectivity index (χ1v) is 7.60. The van der Waals surface area contributed by atoms with Gasteiger partial charge in [0.1, 0.15) is 11.8 Å². The van der Waals surface area contributed by atoms with Crippen LogP contribution in [-0.4, -0.2) is 42.0 Å². The van der Waals surface area contributed by atoms with Crippen molar-refractivity contribution in [2.45, 2.75) is 38.4 Å². The van der Waals surface area contributed by atoms with Gasteiger partial charge in [-0.25, -0.2) is 4.98 Å². The van der Waals surface area contributed by atoms with Crippen LogP contribution in [0.25, 0.3) is 0 Å². The van der Waals surface area contributed by atoms with Crippen LogP contribution in [0, 0.1) is 16.7 Å². The highest BCUT2D eigenvalue weighted by Gasteiger charge is 2.56. The molecule has 1 spiro atoms. The Balaban J connectivity index is 1.65. The van der Waals surface area contributed by atoms with Crippen molar-refractivity contribution >= 4 is 5.69 Å². The van der Waals surface area contributed by atoms with Gasteiger partial charge in [-0.15, -0.1) is 0 Å². The maximum atomic E-state index is 10.2. The maximum Gasteiger partial charge on any atom is 0.140 e. The van der Waals surface area contributed by atoms with E-state index in [0.717, 1.165) is 38.0 Å². The van der Waals surface area contributed by atoms with Crippen molar-refractivity contribution in [3.63, 3.8) is 0 Å². The highest BCUT2D eigenvalue weighted by molar-refractivity contribution is 5.46. The minimum Gasteiger partial charge on any atom is -0.392 e. The minimum atomic E-state index is -0.227. The van der Waals surface area contributed by atoms with Crippen LogP contribution in [0.5, 0.6) is 0 Å². The summed E-state index contributed by atoms with van der Waals surface area (Å²) in [4.78, 5) is 6.40. The van der Waals surface area contributed by atoms with Crippen LogP contribution >= 0.6 is 0 Å². The van der Waals surface area contributed by atoms with Gasteiger partial charge in [-0.1, -0.05) is 0 Å². The lowest BCUT2D eigenvalue weighted by molar-refractivity contribution is -0.199. The van der Waals surface area contributed by atoms with E-state index in [4.69, 9.17) is 10.00 Å². The number of piperidine rings is 1. The van der Waals surface area contributed by atoms with Crippen molar-refractivity contribution in [1.29, 1.82) is 5.26 Å². The van der Waals surface area contributed by atoms with E-state index in [0.29, 0.717) is 12.3 Å². The van der Waals surface area contributed by atoms with Gasteiger partial charge in [-0.05, 0) is 31.9 Å². The quantitative estimate of drug-likeness (QED) is 0.916. The molecular weight excluding hydrogens is 266 g/mol. The van der Waals surface area contributed by atoms with Gasteiger partial charge in [0.15, 0.2) is 0 Å². The van der Waals surface area contributed by atoms with Gasteiger partial charge in [0.2, 0.25) is 0 Å². The molecule has 1 saturated heterocycles. The number of ether oxygens (including phenoxy) is 1. The minimum absolute atomic E-state index is 0.0491. The van der Waals surface area contributed by atoms with Crippen LogP contribution in [0.15, 0.2) is 18.3 Å². The molecule has 0 unspecified atom stereocenters. The number of aliphatic hydroxyl groups excluding tert-OH is 1. The summed E-state index contributed by atoms with van der Waals surface area (Å²) in [5.41, 5.74) is 1.44. The summed E-state index contributed by atoms with van der Waals surface area (Å²) in [6.45, 7) is 4.51. The zero-order valence-electron chi connectivity index (χ0n) is 12.3. The molecule has 2 heterocycles. The number of pyridine rings is 1. The van der Waals surface area contributed by atoms with Gasteiger partial charge in [0, 0.05) is 31.5 Å². The number of aromatic nitrogens is 1. The van der Waals surface area contributed by atoms with Crippen molar-refractivity contribution in [2.24, 2.45) is 5.41 Å². The van der Waals surface area contributed by atoms with Crippen molar-refractivity contribution < 1.29 is 9.84 Å². The van der Waals surface area contributed by atoms with Gasteiger partial charge < -0.3 is 14.7 Å². The summed E-state index contributed by atoms with van der Waals surface area (Å²) in [6.07, 6.45) is 4.39. The average molecular weight is 287 g/mol. The molecule has 1 saturated carbocycles. The third kappa shape index (κ3) is 2.39. The Morgan fingerprint density at radius 2 is 2.24 bits per heavy atom. The molecule has 5 nitrogen and oxygen atoms in total. The Morgan fingerprint density at radius 1 is 1.48 bits per heavy atom. The Hall–Kier alpha value is -1.64. The van der Waals surface area contributed by atoms with E-state index in [1.165, 1.54) is 0 Å². The molecule has 0 aromatic carbocycles. The first kappa shape index (κ1) is 14.3. The monoisotopic (exact) mass is 287 g/mol. The molecule has 0 bridgehead atoms. The Kier molecular flexibility index (Phi) is 3.83. The molecule has 112 valence electrons. The van der Waals surface area contributed by atoms with Crippen LogP contribution in [0.3, 0.4) is 0 Å². The van der Waals surface area contributed by atoms with Crippen LogP contribution in [-0.2, 0) is 4.74 Å². The number of nitriles is 1. The molecule has 1 N–H and O–H groups in total. The predicted molar refractivity (Wildman–Crippen MR) is 78.9 cm³/mol. The molecule has 1 aliphatic heterocycles. The zero-order chi connectivity index (χ0) is 14.9. The summed E-state index contributed by atoms with van der Waals surface area (Å²) in [5.74, 6) is 0. The lowest BCUT2D eigenvalue weighted by Gasteiger charge is -2.56. The average Bonchev–Trinajstić information content (AvgIpc) is 2.55. The summed E-state index contributed by atoms with van der Waals surface area (Å²) in [6, 6.07) is 5.73. The fourth-order valence-electron chi connectivity index (χ4n) is 3.64. The molecule has 0 amide bonds. The van der Waals surface area contributed by atoms with Crippen molar-refractivity contribution in [2.75, 3.05) is 24.6 Å². The van der Waals surface area contributed by atoms with E-state index < -0.39 is 0 Å². The zero-order valence-corrected chi connectivity index (χ0v) is 12.3. The van der Waals surface area contributed by atoms with E-state index in [2.05, 4.69) is 9.88 Å². The molecule has 5 heteroatoms. The summed E-state index contributed by atoms with van der Waals surface area (Å²) in [7, 11) is 0. The highest BCUT2D eigenvalue weighted by Crippen LogP contribution is 2.51. The van der Waals surface area contributed by atoms with Crippen molar-refractivity contribution in [3.8, 4) is 6.07 Å². The Labute approximate surface area is 125 Å². The fraction of sp³-hybridized carbons (Fsp3) is 0.625. The molecule has 2 atom stereocenters. The maximum absolute atomic E-state index is 10.2. The smallest absolute Gasteiger partial charge is 0.140 e. The van der Waals surface area contributed by atoms with Crippen LogP contribution < -0.4 is 4.90 Å². The molecule has 1 aliphatic carbocycles. The third-order valence-corrected chi connectivity index (χ3v) is 5.03. The van der Waals surface area contributed by atoms with Crippen LogP contribution in [0.4, 0.5) is 5.69 Å². The summed E-state index contributed by atoms with van der Waals surface area (Å²) < 4.78 is 5.79. The first-order valence-electron chi connectivity index (χ1n) is 7.60. The second-order valence-electron chi connectivity index (χ2n) is 5.93. The first-order chi connectivity index (χ1) is 10.2. The van der Waals surface area contributed by atoms with Crippen LogP contribution in [0.2, 0.25) is 0 Å². The van der Waals surface area contributed by atoms with Crippen LogP contribution in [0.1, 0.15) is 31.9 Å². The Morgan fingerprint density at radius 3 is 2.76 bits per heavy atom. The van der Waals surface area contributed by atoms with Gasteiger partial charge >= 0.3 is 0 Å². The number of aliphatic hydroxyl groups is 1. The summed E-state index contributed by atoms with van der Waals surface area (Å²) in [5, 5.41) is 19.0. The standard InChI is InChI=1S/C16H21N3O2/c1-2-21-15-9-14(20)16(15)5-7-19(8-6-16)13-4-3-12(10-17)18-11-13/h3-4,11,14-15,20H,2,5-9H2,1H3/t14-,15+/m1/s1. The molecule has 2 aliphatic rings. The third-order valence-electron chi connectivity index (χ3n) is 5.03. The highest BCUT2D eigenvalue weighted by atomic mass is 16.5. The van der Waals surface area contributed by atoms with Gasteiger partial charge in [-0.2, -0.15) is 5.26 Å². The normalized spacial score (nSPS) is 27.2. The second-order valence-corrected chi connectivity index (χ2v) is 5.93. The lowest BCUT2D eigenvalue weighted by atomic mass is 9.58. The van der Waals surface area contributed by atoms with Gasteiger partial charge in [0.25, 0.3) is 0 Å². The lowest BCUT2D eigenvalue weighted by Crippen LogP contribution is -2.62. The van der Waals surface area contributed by atoms with E-state index in [9.17, 15) is 5.11 Å². The Bertz CT molecular complexity index is 527. The molecule has 21 heavy (non-hydrogen) atoms. The molecule has 1 aromatic heterocycles. The number of hydrogen-bond acceptors (Lipinski definition) is 5. The fourth-order valence-corrected chi connectivity index (χ4v) is 3.64. The molecule has 0 radical (unpaired) electrons. The number of anilines is 1. The van der Waals surface area contributed by atoms with E-state index in [1.54, 1.807) is 12.3 Å². The van der Waals surface area contributed by atoms with E-state index in [-0.39, 0.29) is 17.6 Å². The molecule has 2 fully saturated rings. The number of nitrogens with zero attached hydrogens (tertiary/aromatic N) is 3. The molecule has 1 aromatic rings. The molecular formula is C16H21N3O2. The number of rotatable bonds is 3. The number of hydrogen-bond donors (Lipinski definition) is 1. The van der Waals surface area contributed by atoms with E-state index in [1.807, 2.05) is 19.1 Å². The van der Waals surface area contributed by atoms with Gasteiger partial charge in [-0.3, -0.25) is 0 Å². The second kappa shape index (κ2) is 5.63. The predicted octanol–water partition coefficient (Wildman–Crippen LogP) is 1.71.